The van der Waals surface area contributed by atoms with Gasteiger partial charge in [-0.2, -0.15) is 5.26 Å². The summed E-state index contributed by atoms with van der Waals surface area (Å²) in [5, 5.41) is 8.84. The predicted octanol–water partition coefficient (Wildman–Crippen LogP) is 4.44. The number of Topliss-reactive ketones (excluding diaryl/α,β-unsaturated/α-hetero) is 2. The van der Waals surface area contributed by atoms with Crippen molar-refractivity contribution in [3.8, 4) is 23.3 Å². The van der Waals surface area contributed by atoms with E-state index in [4.69, 9.17) is 19.5 Å². The molecule has 0 saturated heterocycles. The van der Waals surface area contributed by atoms with E-state index in [1.807, 2.05) is 24.3 Å². The minimum absolute atomic E-state index is 0.178. The van der Waals surface area contributed by atoms with Crippen LogP contribution in [0.2, 0.25) is 0 Å². The lowest BCUT2D eigenvalue weighted by Crippen LogP contribution is -2.11. The summed E-state index contributed by atoms with van der Waals surface area (Å²) in [5.74, 6) is 1.14. The highest BCUT2D eigenvalue weighted by molar-refractivity contribution is 6.14. The van der Waals surface area contributed by atoms with Crippen LogP contribution in [0.3, 0.4) is 0 Å². The number of fused-ring (bicyclic) bond motifs is 1. The van der Waals surface area contributed by atoms with Gasteiger partial charge in [0.1, 0.15) is 17.2 Å². The SMILES string of the molecule is COc1ccccc1/C=C1/Oc2cc(OCC(=O)c3ccc(C#N)cc3)ccc2C1=O. The number of hydrogen-bond donors (Lipinski definition) is 0. The number of nitrogens with zero attached hydrogens (tertiary/aromatic N) is 1. The molecule has 6 nitrogen and oxygen atoms in total. The Morgan fingerprint density at radius 1 is 1.10 bits per heavy atom. The molecule has 0 aliphatic carbocycles. The second kappa shape index (κ2) is 8.56. The minimum atomic E-state index is -0.235. The third-order valence-corrected chi connectivity index (χ3v) is 4.77. The Morgan fingerprint density at radius 2 is 1.87 bits per heavy atom. The molecular formula is C25H17NO5. The molecule has 0 fully saturated rings. The fourth-order valence-corrected chi connectivity index (χ4v) is 3.15. The van der Waals surface area contributed by atoms with Crippen molar-refractivity contribution in [1.82, 2.24) is 0 Å². The molecule has 31 heavy (non-hydrogen) atoms. The van der Waals surface area contributed by atoms with Crippen LogP contribution in [0.15, 0.2) is 72.5 Å². The molecule has 0 unspecified atom stereocenters. The number of hydrogen-bond acceptors (Lipinski definition) is 6. The Balaban J connectivity index is 1.47. The molecule has 4 rings (SSSR count). The Kier molecular flexibility index (Phi) is 5.50. The van der Waals surface area contributed by atoms with E-state index in [0.29, 0.717) is 33.9 Å². The van der Waals surface area contributed by atoms with Crippen molar-refractivity contribution in [3.63, 3.8) is 0 Å². The topological polar surface area (TPSA) is 85.6 Å². The summed E-state index contributed by atoms with van der Waals surface area (Å²) < 4.78 is 16.6. The van der Waals surface area contributed by atoms with E-state index in [0.717, 1.165) is 5.56 Å². The zero-order valence-corrected chi connectivity index (χ0v) is 16.6. The first-order chi connectivity index (χ1) is 15.1. The Morgan fingerprint density at radius 3 is 2.61 bits per heavy atom. The fraction of sp³-hybridized carbons (Fsp3) is 0.0800. The van der Waals surface area contributed by atoms with Crippen LogP contribution in [0.1, 0.15) is 31.8 Å². The second-order valence-electron chi connectivity index (χ2n) is 6.74. The molecular weight excluding hydrogens is 394 g/mol. The number of ketones is 2. The Hall–Kier alpha value is -4.37. The van der Waals surface area contributed by atoms with E-state index in [-0.39, 0.29) is 23.9 Å². The molecule has 1 aliphatic rings. The number of rotatable bonds is 6. The average molecular weight is 411 g/mol. The maximum absolute atomic E-state index is 12.7. The molecule has 0 radical (unpaired) electrons. The van der Waals surface area contributed by atoms with E-state index in [1.165, 1.54) is 0 Å². The van der Waals surface area contributed by atoms with Gasteiger partial charge in [0, 0.05) is 17.2 Å². The lowest BCUT2D eigenvalue weighted by molar-refractivity contribution is 0.0921. The van der Waals surface area contributed by atoms with Crippen molar-refractivity contribution in [2.45, 2.75) is 0 Å². The van der Waals surface area contributed by atoms with Gasteiger partial charge in [-0.15, -0.1) is 0 Å². The first kappa shape index (κ1) is 19.9. The number of allylic oxidation sites excluding steroid dienone is 1. The molecule has 0 saturated carbocycles. The van der Waals surface area contributed by atoms with Crippen molar-refractivity contribution in [1.29, 1.82) is 5.26 Å². The Labute approximate surface area is 178 Å². The van der Waals surface area contributed by atoms with E-state index < -0.39 is 0 Å². The van der Waals surface area contributed by atoms with Gasteiger partial charge < -0.3 is 14.2 Å². The van der Waals surface area contributed by atoms with Gasteiger partial charge in [0.2, 0.25) is 5.78 Å². The van der Waals surface area contributed by atoms with Crippen LogP contribution in [-0.4, -0.2) is 25.3 Å². The molecule has 0 atom stereocenters. The van der Waals surface area contributed by atoms with Crippen LogP contribution in [-0.2, 0) is 0 Å². The second-order valence-corrected chi connectivity index (χ2v) is 6.74. The van der Waals surface area contributed by atoms with Gasteiger partial charge in [-0.1, -0.05) is 18.2 Å². The molecule has 0 amide bonds. The molecule has 3 aromatic rings. The van der Waals surface area contributed by atoms with Gasteiger partial charge in [-0.05, 0) is 48.5 Å². The number of carbonyl (C=O) groups excluding carboxylic acids is 2. The molecule has 3 aromatic carbocycles. The first-order valence-corrected chi connectivity index (χ1v) is 9.46. The largest absolute Gasteiger partial charge is 0.496 e. The summed E-state index contributed by atoms with van der Waals surface area (Å²) >= 11 is 0. The summed E-state index contributed by atoms with van der Waals surface area (Å²) in [7, 11) is 1.56. The number of para-hydroxylation sites is 1. The van der Waals surface area contributed by atoms with E-state index >= 15 is 0 Å². The zero-order chi connectivity index (χ0) is 21.8. The number of nitriles is 1. The van der Waals surface area contributed by atoms with E-state index in [2.05, 4.69) is 0 Å². The van der Waals surface area contributed by atoms with Crippen molar-refractivity contribution < 1.29 is 23.8 Å². The normalized spacial score (nSPS) is 13.3. The standard InChI is InChI=1S/C25H17NO5/c1-29-22-5-3-2-4-18(22)12-24-25(28)20-11-10-19(13-23(20)31-24)30-15-21(27)17-8-6-16(14-26)7-9-17/h2-13H,15H2,1H3/b24-12+. The summed E-state index contributed by atoms with van der Waals surface area (Å²) in [4.78, 5) is 25.0. The highest BCUT2D eigenvalue weighted by Crippen LogP contribution is 2.35. The van der Waals surface area contributed by atoms with Gasteiger partial charge in [0.05, 0.1) is 24.3 Å². The van der Waals surface area contributed by atoms with Crippen molar-refractivity contribution >= 4 is 17.6 Å². The lowest BCUT2D eigenvalue weighted by atomic mass is 10.1. The van der Waals surface area contributed by atoms with Gasteiger partial charge >= 0.3 is 0 Å². The fourth-order valence-electron chi connectivity index (χ4n) is 3.15. The van der Waals surface area contributed by atoms with Crippen LogP contribution in [0.4, 0.5) is 0 Å². The highest BCUT2D eigenvalue weighted by atomic mass is 16.5. The molecule has 6 heteroatoms. The van der Waals surface area contributed by atoms with Crippen LogP contribution in [0.5, 0.6) is 17.2 Å². The molecule has 0 spiro atoms. The lowest BCUT2D eigenvalue weighted by Gasteiger charge is -2.07. The summed E-state index contributed by atoms with van der Waals surface area (Å²) in [6.07, 6.45) is 1.64. The summed E-state index contributed by atoms with van der Waals surface area (Å²) in [5.41, 5.74) is 2.08. The monoisotopic (exact) mass is 411 g/mol. The van der Waals surface area contributed by atoms with Crippen molar-refractivity contribution in [2.75, 3.05) is 13.7 Å². The van der Waals surface area contributed by atoms with Crippen molar-refractivity contribution in [3.05, 3.63) is 94.7 Å². The quantitative estimate of drug-likeness (QED) is 0.440. The third kappa shape index (κ3) is 4.16. The van der Waals surface area contributed by atoms with Crippen LogP contribution in [0.25, 0.3) is 6.08 Å². The number of ether oxygens (including phenoxy) is 3. The zero-order valence-electron chi connectivity index (χ0n) is 16.6. The third-order valence-electron chi connectivity index (χ3n) is 4.77. The number of carbonyl (C=O) groups is 2. The molecule has 0 N–H and O–H groups in total. The average Bonchev–Trinajstić information content (AvgIpc) is 3.12. The van der Waals surface area contributed by atoms with Crippen LogP contribution in [0, 0.1) is 11.3 Å². The predicted molar refractivity (Wildman–Crippen MR) is 113 cm³/mol. The number of methoxy groups -OCH3 is 1. The minimum Gasteiger partial charge on any atom is -0.496 e. The molecule has 0 aromatic heterocycles. The highest BCUT2D eigenvalue weighted by Gasteiger charge is 2.28. The molecule has 152 valence electrons. The maximum Gasteiger partial charge on any atom is 0.231 e. The summed E-state index contributed by atoms with van der Waals surface area (Å²) in [6, 6.07) is 20.5. The van der Waals surface area contributed by atoms with E-state index in [9.17, 15) is 9.59 Å². The molecule has 0 bridgehead atoms. The molecule has 1 aliphatic heterocycles. The molecule has 1 heterocycles. The smallest absolute Gasteiger partial charge is 0.231 e. The van der Waals surface area contributed by atoms with Gasteiger partial charge in [-0.3, -0.25) is 9.59 Å². The van der Waals surface area contributed by atoms with Crippen LogP contribution < -0.4 is 14.2 Å². The van der Waals surface area contributed by atoms with E-state index in [1.54, 1.807) is 61.7 Å². The maximum atomic E-state index is 12.7. The first-order valence-electron chi connectivity index (χ1n) is 9.46. The Bertz CT molecular complexity index is 1240. The van der Waals surface area contributed by atoms with Crippen LogP contribution >= 0.6 is 0 Å². The van der Waals surface area contributed by atoms with Gasteiger partial charge in [-0.25, -0.2) is 0 Å². The number of benzene rings is 3. The van der Waals surface area contributed by atoms with Crippen molar-refractivity contribution in [2.24, 2.45) is 0 Å². The van der Waals surface area contributed by atoms with Gasteiger partial charge in [0.25, 0.3) is 0 Å². The van der Waals surface area contributed by atoms with Gasteiger partial charge in [0.15, 0.2) is 18.1 Å². The summed E-state index contributed by atoms with van der Waals surface area (Å²) in [6.45, 7) is -0.178.